The maximum atomic E-state index is 12.8. The van der Waals surface area contributed by atoms with E-state index in [1.165, 1.54) is 0 Å². The fourth-order valence-corrected chi connectivity index (χ4v) is 5.49. The molecule has 0 spiro atoms. The number of aliphatic hydroxyl groups is 1. The quantitative estimate of drug-likeness (QED) is 0.855. The van der Waals surface area contributed by atoms with Gasteiger partial charge in [-0.15, -0.1) is 0 Å². The largest absolute Gasteiger partial charge is 0.393 e. The molecule has 2 saturated heterocycles. The van der Waals surface area contributed by atoms with Crippen LogP contribution >= 0.6 is 0 Å². The van der Waals surface area contributed by atoms with Crippen molar-refractivity contribution in [3.63, 3.8) is 0 Å². The molecule has 0 bridgehead atoms. The molecule has 2 aliphatic rings. The van der Waals surface area contributed by atoms with Crippen molar-refractivity contribution in [3.8, 4) is 0 Å². The number of aliphatic hydroxyl groups excluding tert-OH is 1. The molecule has 0 aromatic carbocycles. The molecule has 0 radical (unpaired) electrons. The summed E-state index contributed by atoms with van der Waals surface area (Å²) in [5.41, 5.74) is 0. The number of nitrogens with zero attached hydrogens (tertiary/aromatic N) is 2. The highest BCUT2D eigenvalue weighted by Crippen LogP contribution is 2.28. The van der Waals surface area contributed by atoms with Gasteiger partial charge in [0.25, 0.3) is 10.2 Å². The summed E-state index contributed by atoms with van der Waals surface area (Å²) < 4.78 is 28.8. The molecule has 2 aliphatic heterocycles. The molecule has 0 amide bonds. The van der Waals surface area contributed by atoms with Gasteiger partial charge in [0.1, 0.15) is 0 Å². The van der Waals surface area contributed by atoms with Gasteiger partial charge in [0, 0.05) is 26.2 Å². The van der Waals surface area contributed by atoms with Crippen molar-refractivity contribution in [1.82, 2.24) is 8.61 Å². The molecule has 2 rings (SSSR count). The van der Waals surface area contributed by atoms with Crippen molar-refractivity contribution in [2.24, 2.45) is 17.8 Å². The van der Waals surface area contributed by atoms with Gasteiger partial charge in [-0.3, -0.25) is 0 Å². The van der Waals surface area contributed by atoms with Crippen LogP contribution in [0, 0.1) is 17.8 Å². The average molecular weight is 304 g/mol. The normalized spacial score (nSPS) is 35.9. The minimum absolute atomic E-state index is 0.0677. The van der Waals surface area contributed by atoms with Crippen LogP contribution in [0.2, 0.25) is 0 Å². The van der Waals surface area contributed by atoms with Gasteiger partial charge in [0.15, 0.2) is 0 Å². The second kappa shape index (κ2) is 6.30. The summed E-state index contributed by atoms with van der Waals surface area (Å²) >= 11 is 0. The first kappa shape index (κ1) is 16.2. The van der Waals surface area contributed by atoms with Crippen LogP contribution < -0.4 is 0 Å². The lowest BCUT2D eigenvalue weighted by Crippen LogP contribution is -2.52. The minimum atomic E-state index is -3.36. The van der Waals surface area contributed by atoms with Crippen LogP contribution in [-0.2, 0) is 10.2 Å². The van der Waals surface area contributed by atoms with E-state index < -0.39 is 16.3 Å². The van der Waals surface area contributed by atoms with Crippen molar-refractivity contribution >= 4 is 10.2 Å². The molecule has 5 nitrogen and oxygen atoms in total. The van der Waals surface area contributed by atoms with Crippen LogP contribution in [0.3, 0.4) is 0 Å². The van der Waals surface area contributed by atoms with Crippen molar-refractivity contribution in [3.05, 3.63) is 0 Å². The second-order valence-corrected chi connectivity index (χ2v) is 8.70. The molecule has 0 aromatic rings. The third-order valence-corrected chi connectivity index (χ3v) is 6.53. The van der Waals surface area contributed by atoms with E-state index in [9.17, 15) is 13.5 Å². The van der Waals surface area contributed by atoms with Crippen LogP contribution in [0.25, 0.3) is 0 Å². The minimum Gasteiger partial charge on any atom is -0.393 e. The smallest absolute Gasteiger partial charge is 0.282 e. The van der Waals surface area contributed by atoms with Crippen molar-refractivity contribution in [2.45, 2.75) is 46.1 Å². The lowest BCUT2D eigenvalue weighted by atomic mass is 9.94. The highest BCUT2D eigenvalue weighted by molar-refractivity contribution is 7.86. The van der Waals surface area contributed by atoms with Crippen LogP contribution in [-0.4, -0.2) is 54.4 Å². The molecule has 2 fully saturated rings. The second-order valence-electron chi connectivity index (χ2n) is 6.77. The van der Waals surface area contributed by atoms with Crippen molar-refractivity contribution in [2.75, 3.05) is 26.2 Å². The zero-order chi connectivity index (χ0) is 14.9. The Kier molecular flexibility index (Phi) is 5.10. The Morgan fingerprint density at radius 3 is 2.25 bits per heavy atom. The molecule has 0 aliphatic carbocycles. The van der Waals surface area contributed by atoms with Crippen LogP contribution in [0.15, 0.2) is 0 Å². The molecule has 1 N–H and O–H groups in total. The van der Waals surface area contributed by atoms with E-state index in [4.69, 9.17) is 0 Å². The molecule has 20 heavy (non-hydrogen) atoms. The molecule has 2 heterocycles. The number of hydrogen-bond donors (Lipinski definition) is 1. The van der Waals surface area contributed by atoms with Gasteiger partial charge in [0.2, 0.25) is 0 Å². The van der Waals surface area contributed by atoms with E-state index in [1.807, 2.05) is 0 Å². The molecule has 6 heteroatoms. The van der Waals surface area contributed by atoms with E-state index in [-0.39, 0.29) is 5.92 Å². The average Bonchev–Trinajstić information content (AvgIpc) is 2.37. The highest BCUT2D eigenvalue weighted by atomic mass is 32.2. The van der Waals surface area contributed by atoms with E-state index >= 15 is 0 Å². The Balaban J connectivity index is 2.09. The standard InChI is InChI=1S/C14H28N2O3S/c1-11-7-12(2)9-16(8-11)20(18,19)15-6-4-5-14(10-15)13(3)17/h11-14,17H,4-10H2,1-3H3. The monoisotopic (exact) mass is 304 g/mol. The first-order chi connectivity index (χ1) is 9.30. The van der Waals surface area contributed by atoms with Gasteiger partial charge >= 0.3 is 0 Å². The van der Waals surface area contributed by atoms with E-state index in [0.717, 1.165) is 19.3 Å². The van der Waals surface area contributed by atoms with E-state index in [2.05, 4.69) is 13.8 Å². The third kappa shape index (κ3) is 3.53. The maximum Gasteiger partial charge on any atom is 0.282 e. The van der Waals surface area contributed by atoms with Crippen LogP contribution in [0.1, 0.15) is 40.0 Å². The molecular formula is C14H28N2O3S. The highest BCUT2D eigenvalue weighted by Gasteiger charge is 2.37. The van der Waals surface area contributed by atoms with Crippen molar-refractivity contribution in [1.29, 1.82) is 0 Å². The Morgan fingerprint density at radius 1 is 1.10 bits per heavy atom. The first-order valence-electron chi connectivity index (χ1n) is 7.74. The Morgan fingerprint density at radius 2 is 1.70 bits per heavy atom. The topological polar surface area (TPSA) is 60.9 Å². The predicted molar refractivity (Wildman–Crippen MR) is 79.4 cm³/mol. The lowest BCUT2D eigenvalue weighted by molar-refractivity contribution is 0.0851. The fourth-order valence-electron chi connectivity index (χ4n) is 3.53. The Bertz CT molecular complexity index is 414. The first-order valence-corrected chi connectivity index (χ1v) is 9.13. The zero-order valence-electron chi connectivity index (χ0n) is 12.8. The zero-order valence-corrected chi connectivity index (χ0v) is 13.6. The summed E-state index contributed by atoms with van der Waals surface area (Å²) in [6.07, 6.45) is 2.42. The molecule has 4 atom stereocenters. The third-order valence-electron chi connectivity index (χ3n) is 4.59. The summed E-state index contributed by atoms with van der Waals surface area (Å²) in [5.74, 6) is 0.912. The van der Waals surface area contributed by atoms with Gasteiger partial charge in [0.05, 0.1) is 6.10 Å². The number of piperidine rings is 2. The SMILES string of the molecule is CC1CC(C)CN(S(=O)(=O)N2CCCC(C(C)O)C2)C1. The van der Waals surface area contributed by atoms with Gasteiger partial charge in [-0.1, -0.05) is 13.8 Å². The lowest BCUT2D eigenvalue weighted by Gasteiger charge is -2.40. The van der Waals surface area contributed by atoms with Gasteiger partial charge in [-0.05, 0) is 43.9 Å². The van der Waals surface area contributed by atoms with Gasteiger partial charge in [-0.2, -0.15) is 17.0 Å². The van der Waals surface area contributed by atoms with Gasteiger partial charge in [-0.25, -0.2) is 0 Å². The molecule has 118 valence electrons. The maximum absolute atomic E-state index is 12.8. The molecule has 4 unspecified atom stereocenters. The summed E-state index contributed by atoms with van der Waals surface area (Å²) in [7, 11) is -3.36. The van der Waals surface area contributed by atoms with Gasteiger partial charge < -0.3 is 5.11 Å². The predicted octanol–water partition coefficient (Wildman–Crippen LogP) is 1.30. The summed E-state index contributed by atoms with van der Waals surface area (Å²) in [5, 5.41) is 9.72. The van der Waals surface area contributed by atoms with E-state index in [0.29, 0.717) is 38.0 Å². The summed E-state index contributed by atoms with van der Waals surface area (Å²) in [6.45, 7) is 8.29. The van der Waals surface area contributed by atoms with E-state index in [1.54, 1.807) is 15.5 Å². The number of hydrogen-bond acceptors (Lipinski definition) is 3. The molecular weight excluding hydrogens is 276 g/mol. The summed E-state index contributed by atoms with van der Waals surface area (Å²) in [4.78, 5) is 0. The Labute approximate surface area is 123 Å². The molecule has 0 saturated carbocycles. The fraction of sp³-hybridized carbons (Fsp3) is 1.00. The Hall–Kier alpha value is -0.170. The van der Waals surface area contributed by atoms with Crippen LogP contribution in [0.4, 0.5) is 0 Å². The number of rotatable bonds is 3. The van der Waals surface area contributed by atoms with Crippen LogP contribution in [0.5, 0.6) is 0 Å². The molecule has 0 aromatic heterocycles. The summed E-state index contributed by atoms with van der Waals surface area (Å²) in [6, 6.07) is 0. The van der Waals surface area contributed by atoms with Crippen molar-refractivity contribution < 1.29 is 13.5 Å².